The van der Waals surface area contributed by atoms with Gasteiger partial charge in [0.25, 0.3) is 0 Å². The summed E-state index contributed by atoms with van der Waals surface area (Å²) in [7, 11) is 1.90. The van der Waals surface area contributed by atoms with E-state index in [2.05, 4.69) is 56.2 Å². The molecule has 1 N–H and O–H groups in total. The molecule has 3 nitrogen and oxygen atoms in total. The Morgan fingerprint density at radius 2 is 1.85 bits per heavy atom. The van der Waals surface area contributed by atoms with Gasteiger partial charge in [-0.05, 0) is 31.7 Å². The Bertz CT molecular complexity index is 603. The maximum absolute atomic E-state index is 4.73. The maximum atomic E-state index is 4.73. The van der Waals surface area contributed by atoms with Gasteiger partial charge in [-0.1, -0.05) is 37.6 Å². The molecule has 0 fully saturated rings. The summed E-state index contributed by atoms with van der Waals surface area (Å²) in [6, 6.07) is 8.43. The zero-order valence-electron chi connectivity index (χ0n) is 13.0. The second kappa shape index (κ2) is 6.04. The second-order valence-corrected chi connectivity index (χ2v) is 5.73. The fraction of sp³-hybridized carbons (Fsp3) is 0.412. The van der Waals surface area contributed by atoms with E-state index in [0.29, 0.717) is 5.92 Å². The van der Waals surface area contributed by atoms with Gasteiger partial charge in [-0.15, -0.1) is 0 Å². The fourth-order valence-corrected chi connectivity index (χ4v) is 2.33. The third-order valence-electron chi connectivity index (χ3n) is 3.28. The Morgan fingerprint density at radius 1 is 1.10 bits per heavy atom. The highest BCUT2D eigenvalue weighted by Crippen LogP contribution is 2.23. The molecule has 0 aliphatic rings. The molecule has 3 heteroatoms. The molecule has 0 radical (unpaired) electrons. The lowest BCUT2D eigenvalue weighted by Crippen LogP contribution is -2.04. The molecule has 0 saturated heterocycles. The van der Waals surface area contributed by atoms with Crippen LogP contribution >= 0.6 is 0 Å². The van der Waals surface area contributed by atoms with E-state index in [1.807, 2.05) is 13.1 Å². The minimum Gasteiger partial charge on any atom is -0.373 e. The number of benzene rings is 1. The first-order valence-corrected chi connectivity index (χ1v) is 7.13. The zero-order chi connectivity index (χ0) is 14.7. The molecule has 20 heavy (non-hydrogen) atoms. The number of nitrogens with one attached hydrogen (secondary N) is 1. The van der Waals surface area contributed by atoms with Crippen molar-refractivity contribution in [1.82, 2.24) is 9.97 Å². The number of aromatic nitrogens is 2. The molecular formula is C17H23N3. The molecular weight excluding hydrogens is 246 g/mol. The van der Waals surface area contributed by atoms with Crippen molar-refractivity contribution >= 4 is 5.82 Å². The molecule has 0 spiro atoms. The summed E-state index contributed by atoms with van der Waals surface area (Å²) in [4.78, 5) is 9.33. The monoisotopic (exact) mass is 269 g/mol. The van der Waals surface area contributed by atoms with Gasteiger partial charge in [0, 0.05) is 24.4 Å². The molecule has 106 valence electrons. The standard InChI is InChI=1S/C17H23N3/c1-11(2)8-14-10-16(18-5)20-17(19-14)15-7-6-12(3)9-13(15)4/h6-7,9-11H,8H2,1-5H3,(H,18,19,20). The Labute approximate surface area is 121 Å². The molecule has 0 aliphatic carbocycles. The Hall–Kier alpha value is -1.90. The first-order valence-electron chi connectivity index (χ1n) is 7.13. The van der Waals surface area contributed by atoms with Crippen LogP contribution in [0.4, 0.5) is 5.82 Å². The minimum absolute atomic E-state index is 0.585. The summed E-state index contributed by atoms with van der Waals surface area (Å²) in [6.45, 7) is 8.63. The Morgan fingerprint density at radius 3 is 2.45 bits per heavy atom. The topological polar surface area (TPSA) is 37.8 Å². The molecule has 2 rings (SSSR count). The van der Waals surface area contributed by atoms with Crippen LogP contribution in [0.1, 0.15) is 30.7 Å². The number of anilines is 1. The fourth-order valence-electron chi connectivity index (χ4n) is 2.33. The van der Waals surface area contributed by atoms with Gasteiger partial charge in [-0.25, -0.2) is 9.97 Å². The highest BCUT2D eigenvalue weighted by Gasteiger charge is 2.10. The molecule has 0 amide bonds. The van der Waals surface area contributed by atoms with Crippen molar-refractivity contribution < 1.29 is 0 Å². The van der Waals surface area contributed by atoms with E-state index in [4.69, 9.17) is 4.98 Å². The number of nitrogens with zero attached hydrogens (tertiary/aromatic N) is 2. The summed E-state index contributed by atoms with van der Waals surface area (Å²) >= 11 is 0. The molecule has 1 aromatic heterocycles. The Kier molecular flexibility index (Phi) is 4.38. The van der Waals surface area contributed by atoms with E-state index in [1.165, 1.54) is 11.1 Å². The summed E-state index contributed by atoms with van der Waals surface area (Å²) < 4.78 is 0. The molecule has 0 atom stereocenters. The van der Waals surface area contributed by atoms with Crippen LogP contribution in [0.5, 0.6) is 0 Å². The van der Waals surface area contributed by atoms with Crippen LogP contribution in [0.3, 0.4) is 0 Å². The largest absolute Gasteiger partial charge is 0.373 e. The Balaban J connectivity index is 2.49. The molecule has 0 bridgehead atoms. The van der Waals surface area contributed by atoms with Gasteiger partial charge >= 0.3 is 0 Å². The van der Waals surface area contributed by atoms with Gasteiger partial charge in [0.15, 0.2) is 5.82 Å². The van der Waals surface area contributed by atoms with Crippen molar-refractivity contribution in [2.24, 2.45) is 5.92 Å². The normalized spacial score (nSPS) is 10.9. The SMILES string of the molecule is CNc1cc(CC(C)C)nc(-c2ccc(C)cc2C)n1. The number of hydrogen-bond acceptors (Lipinski definition) is 3. The lowest BCUT2D eigenvalue weighted by molar-refractivity contribution is 0.635. The van der Waals surface area contributed by atoms with Gasteiger partial charge in [-0.3, -0.25) is 0 Å². The van der Waals surface area contributed by atoms with Crippen molar-refractivity contribution in [2.75, 3.05) is 12.4 Å². The van der Waals surface area contributed by atoms with Gasteiger partial charge in [-0.2, -0.15) is 0 Å². The maximum Gasteiger partial charge on any atom is 0.162 e. The average Bonchev–Trinajstić information content (AvgIpc) is 2.37. The molecule has 2 aromatic rings. The predicted molar refractivity (Wildman–Crippen MR) is 85.0 cm³/mol. The average molecular weight is 269 g/mol. The van der Waals surface area contributed by atoms with E-state index in [1.54, 1.807) is 0 Å². The summed E-state index contributed by atoms with van der Waals surface area (Å²) in [5.41, 5.74) is 4.68. The van der Waals surface area contributed by atoms with Crippen LogP contribution in [0, 0.1) is 19.8 Å². The van der Waals surface area contributed by atoms with E-state index in [0.717, 1.165) is 29.3 Å². The first-order chi connectivity index (χ1) is 9.49. The highest BCUT2D eigenvalue weighted by molar-refractivity contribution is 5.62. The lowest BCUT2D eigenvalue weighted by atomic mass is 10.0. The second-order valence-electron chi connectivity index (χ2n) is 5.73. The smallest absolute Gasteiger partial charge is 0.162 e. The lowest BCUT2D eigenvalue weighted by Gasteiger charge is -2.11. The van der Waals surface area contributed by atoms with E-state index in [-0.39, 0.29) is 0 Å². The highest BCUT2D eigenvalue weighted by atomic mass is 15.0. The molecule has 0 aliphatic heterocycles. The van der Waals surface area contributed by atoms with Gasteiger partial charge < -0.3 is 5.32 Å². The van der Waals surface area contributed by atoms with Crippen LogP contribution in [0.25, 0.3) is 11.4 Å². The number of rotatable bonds is 4. The van der Waals surface area contributed by atoms with Gasteiger partial charge in [0.2, 0.25) is 0 Å². The van der Waals surface area contributed by atoms with Crippen molar-refractivity contribution in [3.63, 3.8) is 0 Å². The molecule has 0 unspecified atom stereocenters. The third kappa shape index (κ3) is 3.35. The first kappa shape index (κ1) is 14.5. The van der Waals surface area contributed by atoms with Crippen molar-refractivity contribution in [2.45, 2.75) is 34.1 Å². The molecule has 1 heterocycles. The zero-order valence-corrected chi connectivity index (χ0v) is 13.0. The molecule has 1 aromatic carbocycles. The van der Waals surface area contributed by atoms with Crippen LogP contribution in [0.15, 0.2) is 24.3 Å². The third-order valence-corrected chi connectivity index (χ3v) is 3.28. The summed E-state index contributed by atoms with van der Waals surface area (Å²) in [5.74, 6) is 2.28. The van der Waals surface area contributed by atoms with Crippen LogP contribution in [-0.4, -0.2) is 17.0 Å². The number of aryl methyl sites for hydroxylation is 2. The van der Waals surface area contributed by atoms with E-state index < -0.39 is 0 Å². The van der Waals surface area contributed by atoms with E-state index in [9.17, 15) is 0 Å². The molecule has 0 saturated carbocycles. The van der Waals surface area contributed by atoms with Gasteiger partial charge in [0.1, 0.15) is 5.82 Å². The quantitative estimate of drug-likeness (QED) is 0.911. The van der Waals surface area contributed by atoms with Crippen LogP contribution in [0.2, 0.25) is 0 Å². The van der Waals surface area contributed by atoms with Crippen LogP contribution in [-0.2, 0) is 6.42 Å². The summed E-state index contributed by atoms with van der Waals surface area (Å²) in [5, 5.41) is 3.13. The van der Waals surface area contributed by atoms with E-state index >= 15 is 0 Å². The van der Waals surface area contributed by atoms with Crippen LogP contribution < -0.4 is 5.32 Å². The predicted octanol–water partition coefficient (Wildman–Crippen LogP) is 4.00. The van der Waals surface area contributed by atoms with Crippen molar-refractivity contribution in [1.29, 1.82) is 0 Å². The summed E-state index contributed by atoms with van der Waals surface area (Å²) in [6.07, 6.45) is 0.967. The number of hydrogen-bond donors (Lipinski definition) is 1. The van der Waals surface area contributed by atoms with Crippen molar-refractivity contribution in [3.8, 4) is 11.4 Å². The van der Waals surface area contributed by atoms with Crippen molar-refractivity contribution in [3.05, 3.63) is 41.1 Å². The minimum atomic E-state index is 0.585. The van der Waals surface area contributed by atoms with Gasteiger partial charge in [0.05, 0.1) is 0 Å².